The van der Waals surface area contributed by atoms with Gasteiger partial charge in [-0.3, -0.25) is 9.59 Å². The maximum atomic E-state index is 11.7. The molecular weight excluding hydrogens is 416 g/mol. The first kappa shape index (κ1) is 21.8. The monoisotopic (exact) mass is 436 g/mol. The second kappa shape index (κ2) is 9.73. The Balaban J connectivity index is 1.91. The number of anilines is 5. The number of carbonyl (C=O) groups excluding carboxylic acids is 2. The molecular formula is C22H21ClN6O2. The third kappa shape index (κ3) is 5.37. The van der Waals surface area contributed by atoms with Gasteiger partial charge in [0.25, 0.3) is 0 Å². The van der Waals surface area contributed by atoms with Gasteiger partial charge in [-0.15, -0.1) is 0 Å². The Hall–Kier alpha value is -3.91. The van der Waals surface area contributed by atoms with Crippen molar-refractivity contribution >= 4 is 52.2 Å². The minimum absolute atomic E-state index is 0.274. The summed E-state index contributed by atoms with van der Waals surface area (Å²) in [4.78, 5) is 31.9. The number of aryl methyl sites for hydroxylation is 1. The summed E-state index contributed by atoms with van der Waals surface area (Å²) in [6.45, 7) is 5.45. The van der Waals surface area contributed by atoms with E-state index in [1.54, 1.807) is 30.3 Å². The van der Waals surface area contributed by atoms with E-state index in [1.165, 1.54) is 12.3 Å². The van der Waals surface area contributed by atoms with Gasteiger partial charge in [-0.1, -0.05) is 43.3 Å². The van der Waals surface area contributed by atoms with Gasteiger partial charge in [-0.25, -0.2) is 4.98 Å². The van der Waals surface area contributed by atoms with E-state index >= 15 is 0 Å². The van der Waals surface area contributed by atoms with Crippen molar-refractivity contribution < 1.29 is 9.59 Å². The summed E-state index contributed by atoms with van der Waals surface area (Å²) < 4.78 is 0. The molecule has 0 aliphatic carbocycles. The molecule has 0 radical (unpaired) electrons. The summed E-state index contributed by atoms with van der Waals surface area (Å²) in [5, 5.41) is 9.23. The lowest BCUT2D eigenvalue weighted by molar-refractivity contribution is -0.111. The zero-order valence-corrected chi connectivity index (χ0v) is 17.5. The van der Waals surface area contributed by atoms with Crippen LogP contribution in [0, 0.1) is 0 Å². The molecule has 5 N–H and O–H groups in total. The third-order valence-corrected chi connectivity index (χ3v) is 4.67. The van der Waals surface area contributed by atoms with Crippen LogP contribution in [0.5, 0.6) is 0 Å². The fourth-order valence-corrected chi connectivity index (χ4v) is 2.94. The van der Waals surface area contributed by atoms with Crippen molar-refractivity contribution in [2.75, 3.05) is 16.0 Å². The van der Waals surface area contributed by atoms with Gasteiger partial charge in [0.05, 0.1) is 17.6 Å². The molecule has 9 heteroatoms. The standard InChI is InChI=1S/C22H21ClN6O2/c1-3-13-9-10-14(20(24)31)11-18(13)28-22-25-12-15(23)21(29-22)27-17-8-6-5-7-16(17)26-19(30)4-2/h4-12H,2-3H2,1H3,(H2,24,31)(H,26,30)(H2,25,27,28,29). The Morgan fingerprint density at radius 3 is 2.55 bits per heavy atom. The van der Waals surface area contributed by atoms with Crippen LogP contribution in [-0.2, 0) is 11.2 Å². The Labute approximate surface area is 184 Å². The van der Waals surface area contributed by atoms with Gasteiger partial charge >= 0.3 is 0 Å². The molecule has 8 nitrogen and oxygen atoms in total. The van der Waals surface area contributed by atoms with Gasteiger partial charge in [0.1, 0.15) is 5.02 Å². The van der Waals surface area contributed by atoms with Crippen molar-refractivity contribution in [1.82, 2.24) is 9.97 Å². The number of carbonyl (C=O) groups is 2. The number of hydrogen-bond acceptors (Lipinski definition) is 6. The molecule has 0 unspecified atom stereocenters. The van der Waals surface area contributed by atoms with Crippen LogP contribution in [-0.4, -0.2) is 21.8 Å². The Bertz CT molecular complexity index is 1150. The fourth-order valence-electron chi connectivity index (χ4n) is 2.80. The van der Waals surface area contributed by atoms with Crippen molar-refractivity contribution in [2.45, 2.75) is 13.3 Å². The minimum Gasteiger partial charge on any atom is -0.366 e. The third-order valence-electron chi connectivity index (χ3n) is 4.39. The average molecular weight is 437 g/mol. The second-order valence-corrected chi connectivity index (χ2v) is 6.88. The van der Waals surface area contributed by atoms with Crippen molar-refractivity contribution in [3.05, 3.63) is 77.5 Å². The topological polar surface area (TPSA) is 122 Å². The van der Waals surface area contributed by atoms with E-state index in [0.29, 0.717) is 28.4 Å². The van der Waals surface area contributed by atoms with Crippen LogP contribution in [0.2, 0.25) is 5.02 Å². The number of rotatable bonds is 8. The molecule has 31 heavy (non-hydrogen) atoms. The lowest BCUT2D eigenvalue weighted by Crippen LogP contribution is -2.12. The second-order valence-electron chi connectivity index (χ2n) is 6.47. The molecule has 0 aliphatic rings. The van der Waals surface area contributed by atoms with Crippen LogP contribution in [0.3, 0.4) is 0 Å². The van der Waals surface area contributed by atoms with Gasteiger partial charge in [-0.05, 0) is 42.3 Å². The lowest BCUT2D eigenvalue weighted by Gasteiger charge is -2.15. The molecule has 158 valence electrons. The average Bonchev–Trinajstić information content (AvgIpc) is 2.77. The summed E-state index contributed by atoms with van der Waals surface area (Å²) in [6.07, 6.45) is 3.37. The van der Waals surface area contributed by atoms with Crippen LogP contribution < -0.4 is 21.7 Å². The quantitative estimate of drug-likeness (QED) is 0.388. The van der Waals surface area contributed by atoms with Crippen LogP contribution in [0.1, 0.15) is 22.8 Å². The SMILES string of the molecule is C=CC(=O)Nc1ccccc1Nc1nc(Nc2cc(C(N)=O)ccc2CC)ncc1Cl. The van der Waals surface area contributed by atoms with Crippen LogP contribution >= 0.6 is 11.6 Å². The molecule has 2 aromatic carbocycles. The summed E-state index contributed by atoms with van der Waals surface area (Å²) in [6, 6.07) is 12.3. The molecule has 2 amide bonds. The molecule has 0 aliphatic heterocycles. The van der Waals surface area contributed by atoms with Crippen molar-refractivity contribution in [3.63, 3.8) is 0 Å². The largest absolute Gasteiger partial charge is 0.366 e. The highest BCUT2D eigenvalue weighted by Gasteiger charge is 2.12. The number of para-hydroxylation sites is 2. The molecule has 0 saturated heterocycles. The van der Waals surface area contributed by atoms with E-state index < -0.39 is 5.91 Å². The highest BCUT2D eigenvalue weighted by molar-refractivity contribution is 6.33. The number of aromatic nitrogens is 2. The van der Waals surface area contributed by atoms with Gasteiger partial charge in [-0.2, -0.15) is 4.98 Å². The molecule has 3 aromatic rings. The van der Waals surface area contributed by atoms with E-state index in [2.05, 4.69) is 32.5 Å². The number of nitrogens with zero attached hydrogens (tertiary/aromatic N) is 2. The maximum absolute atomic E-state index is 11.7. The van der Waals surface area contributed by atoms with Crippen molar-refractivity contribution in [1.29, 1.82) is 0 Å². The minimum atomic E-state index is -0.525. The lowest BCUT2D eigenvalue weighted by atomic mass is 10.1. The van der Waals surface area contributed by atoms with Crippen LogP contribution in [0.25, 0.3) is 0 Å². The maximum Gasteiger partial charge on any atom is 0.248 e. The first-order valence-electron chi connectivity index (χ1n) is 9.43. The van der Waals surface area contributed by atoms with Gasteiger partial charge < -0.3 is 21.7 Å². The van der Waals surface area contributed by atoms with E-state index in [0.717, 1.165) is 12.0 Å². The molecule has 0 atom stereocenters. The van der Waals surface area contributed by atoms with E-state index in [9.17, 15) is 9.59 Å². The molecule has 0 fully saturated rings. The zero-order chi connectivity index (χ0) is 22.4. The van der Waals surface area contributed by atoms with E-state index in [-0.39, 0.29) is 16.9 Å². The number of nitrogens with two attached hydrogens (primary N) is 1. The Morgan fingerprint density at radius 2 is 1.87 bits per heavy atom. The Morgan fingerprint density at radius 1 is 1.13 bits per heavy atom. The summed E-state index contributed by atoms with van der Waals surface area (Å²) in [5.74, 6) is -0.255. The summed E-state index contributed by atoms with van der Waals surface area (Å²) in [5.41, 5.74) is 8.54. The van der Waals surface area contributed by atoms with E-state index in [1.807, 2.05) is 19.1 Å². The number of hydrogen-bond donors (Lipinski definition) is 4. The predicted molar refractivity (Wildman–Crippen MR) is 123 cm³/mol. The molecule has 1 heterocycles. The number of primary amides is 1. The molecule has 3 rings (SSSR count). The van der Waals surface area contributed by atoms with Gasteiger partial charge in [0, 0.05) is 11.3 Å². The number of benzene rings is 2. The predicted octanol–water partition coefficient (Wildman–Crippen LogP) is 4.40. The van der Waals surface area contributed by atoms with Crippen molar-refractivity contribution in [2.24, 2.45) is 5.73 Å². The van der Waals surface area contributed by atoms with Crippen LogP contribution in [0.4, 0.5) is 28.8 Å². The highest BCUT2D eigenvalue weighted by Crippen LogP contribution is 2.30. The summed E-state index contributed by atoms with van der Waals surface area (Å²) >= 11 is 6.28. The van der Waals surface area contributed by atoms with E-state index in [4.69, 9.17) is 17.3 Å². The number of nitrogens with one attached hydrogen (secondary N) is 3. The van der Waals surface area contributed by atoms with Gasteiger partial charge in [0.15, 0.2) is 5.82 Å². The first-order chi connectivity index (χ1) is 14.9. The molecule has 0 saturated carbocycles. The zero-order valence-electron chi connectivity index (χ0n) is 16.8. The van der Waals surface area contributed by atoms with Gasteiger partial charge in [0.2, 0.25) is 17.8 Å². The summed E-state index contributed by atoms with van der Waals surface area (Å²) in [7, 11) is 0. The Kier molecular flexibility index (Phi) is 6.84. The molecule has 1 aromatic heterocycles. The number of amides is 2. The normalized spacial score (nSPS) is 10.3. The fraction of sp³-hybridized carbons (Fsp3) is 0.0909. The molecule has 0 bridgehead atoms. The van der Waals surface area contributed by atoms with Crippen LogP contribution in [0.15, 0.2) is 61.3 Å². The van der Waals surface area contributed by atoms with Crippen molar-refractivity contribution in [3.8, 4) is 0 Å². The number of halogens is 1. The molecule has 0 spiro atoms. The smallest absolute Gasteiger partial charge is 0.248 e. The first-order valence-corrected chi connectivity index (χ1v) is 9.80. The highest BCUT2D eigenvalue weighted by atomic mass is 35.5.